The molecule has 34 heavy (non-hydrogen) atoms. The summed E-state index contributed by atoms with van der Waals surface area (Å²) < 4.78 is 43.4. The van der Waals surface area contributed by atoms with Crippen molar-refractivity contribution in [1.82, 2.24) is 10.3 Å². The summed E-state index contributed by atoms with van der Waals surface area (Å²) in [7, 11) is 0. The van der Waals surface area contributed by atoms with Crippen LogP contribution in [0, 0.1) is 0 Å². The zero-order valence-electron chi connectivity index (χ0n) is 18.6. The first-order valence-corrected chi connectivity index (χ1v) is 11.1. The Morgan fingerprint density at radius 2 is 1.85 bits per heavy atom. The third-order valence-electron chi connectivity index (χ3n) is 5.94. The van der Waals surface area contributed by atoms with Gasteiger partial charge in [0.25, 0.3) is 0 Å². The predicted octanol–water partition coefficient (Wildman–Crippen LogP) is 3.64. The van der Waals surface area contributed by atoms with Crippen molar-refractivity contribution in [3.8, 4) is 0 Å². The maximum absolute atomic E-state index is 13.0. The van der Waals surface area contributed by atoms with Crippen molar-refractivity contribution in [3.63, 3.8) is 0 Å². The minimum atomic E-state index is -4.51. The van der Waals surface area contributed by atoms with Crippen molar-refractivity contribution in [2.45, 2.75) is 38.0 Å². The highest BCUT2D eigenvalue weighted by Gasteiger charge is 2.32. The van der Waals surface area contributed by atoms with Crippen LogP contribution in [0.25, 0.3) is 0 Å². The standard InChI is InChI=1S/C23H26F3N5O3/c1-15-14-34-12-11-30(15)17-5-7-18(8-6-17)31-10-2-3-19(21(31)32)28-22(33)29-20-9-4-16(13-27-20)23(24,25)26/h4-9,13,15,19H,2-3,10-12,14H2,1H3,(H2,27,28,29,33)/t15-,19-/m1/s1. The number of anilines is 3. The fraction of sp³-hybridized carbons (Fsp3) is 0.435. The minimum absolute atomic E-state index is 0.0430. The van der Waals surface area contributed by atoms with Crippen molar-refractivity contribution in [1.29, 1.82) is 0 Å². The number of aromatic nitrogens is 1. The number of nitrogens with zero attached hydrogens (tertiary/aromatic N) is 3. The van der Waals surface area contributed by atoms with Crippen molar-refractivity contribution in [2.24, 2.45) is 0 Å². The summed E-state index contributed by atoms with van der Waals surface area (Å²) in [5.74, 6) is -0.284. The van der Waals surface area contributed by atoms with E-state index >= 15 is 0 Å². The van der Waals surface area contributed by atoms with Gasteiger partial charge in [0.2, 0.25) is 5.91 Å². The number of ether oxygens (including phenoxy) is 1. The Kier molecular flexibility index (Phi) is 6.92. The largest absolute Gasteiger partial charge is 0.417 e. The monoisotopic (exact) mass is 477 g/mol. The number of alkyl halides is 3. The van der Waals surface area contributed by atoms with Crippen LogP contribution in [0.5, 0.6) is 0 Å². The second-order valence-corrected chi connectivity index (χ2v) is 8.35. The van der Waals surface area contributed by atoms with Crippen molar-refractivity contribution in [2.75, 3.05) is 41.4 Å². The number of rotatable bonds is 4. The molecule has 2 N–H and O–H groups in total. The number of carbonyl (C=O) groups is 2. The molecule has 0 saturated carbocycles. The number of carbonyl (C=O) groups excluding carboxylic acids is 2. The lowest BCUT2D eigenvalue weighted by Crippen LogP contribution is -2.53. The molecule has 4 rings (SSSR count). The van der Waals surface area contributed by atoms with Crippen LogP contribution in [0.1, 0.15) is 25.3 Å². The normalized spacial score (nSPS) is 21.4. The molecule has 1 aromatic heterocycles. The van der Waals surface area contributed by atoms with Crippen LogP contribution in [-0.2, 0) is 15.7 Å². The molecule has 182 valence electrons. The van der Waals surface area contributed by atoms with Gasteiger partial charge in [-0.05, 0) is 56.2 Å². The first-order valence-electron chi connectivity index (χ1n) is 11.1. The zero-order chi connectivity index (χ0) is 24.3. The number of nitrogens with one attached hydrogen (secondary N) is 2. The molecule has 2 fully saturated rings. The molecule has 3 amide bonds. The van der Waals surface area contributed by atoms with Crippen molar-refractivity contribution in [3.05, 3.63) is 48.2 Å². The molecule has 2 aliphatic rings. The van der Waals surface area contributed by atoms with Gasteiger partial charge in [-0.2, -0.15) is 13.2 Å². The van der Waals surface area contributed by atoms with Gasteiger partial charge in [-0.15, -0.1) is 0 Å². The van der Waals surface area contributed by atoms with E-state index in [1.54, 1.807) is 4.90 Å². The molecule has 0 aliphatic carbocycles. The molecule has 8 nitrogen and oxygen atoms in total. The zero-order valence-corrected chi connectivity index (χ0v) is 18.6. The van der Waals surface area contributed by atoms with E-state index in [9.17, 15) is 22.8 Å². The number of urea groups is 1. The van der Waals surface area contributed by atoms with Gasteiger partial charge in [0.05, 0.1) is 18.8 Å². The fourth-order valence-corrected chi connectivity index (χ4v) is 4.15. The molecule has 3 heterocycles. The molecule has 2 aliphatic heterocycles. The molecule has 0 bridgehead atoms. The van der Waals surface area contributed by atoms with Gasteiger partial charge in [-0.1, -0.05) is 0 Å². The van der Waals surface area contributed by atoms with Gasteiger partial charge in [0.1, 0.15) is 11.9 Å². The van der Waals surface area contributed by atoms with Gasteiger partial charge in [-0.25, -0.2) is 9.78 Å². The first-order chi connectivity index (χ1) is 16.2. The second-order valence-electron chi connectivity index (χ2n) is 8.35. The van der Waals surface area contributed by atoms with Gasteiger partial charge in [-0.3, -0.25) is 10.1 Å². The van der Waals surface area contributed by atoms with E-state index in [4.69, 9.17) is 4.74 Å². The molecule has 11 heteroatoms. The van der Waals surface area contributed by atoms with E-state index in [1.807, 2.05) is 24.3 Å². The molecule has 0 radical (unpaired) electrons. The third kappa shape index (κ3) is 5.41. The number of halogens is 3. The minimum Gasteiger partial charge on any atom is -0.377 e. The van der Waals surface area contributed by atoms with Gasteiger partial charge < -0.3 is 19.9 Å². The summed E-state index contributed by atoms with van der Waals surface area (Å²) in [5.41, 5.74) is 0.888. The lowest BCUT2D eigenvalue weighted by Gasteiger charge is -2.36. The van der Waals surface area contributed by atoms with Crippen LogP contribution in [0.15, 0.2) is 42.6 Å². The molecule has 2 atom stereocenters. The van der Waals surface area contributed by atoms with Crippen LogP contribution < -0.4 is 20.4 Å². The number of hydrogen-bond acceptors (Lipinski definition) is 5. The lowest BCUT2D eigenvalue weighted by molar-refractivity contribution is -0.137. The summed E-state index contributed by atoms with van der Waals surface area (Å²) in [4.78, 5) is 32.9. The summed E-state index contributed by atoms with van der Waals surface area (Å²) in [6.07, 6.45) is -2.71. The highest BCUT2D eigenvalue weighted by Crippen LogP contribution is 2.29. The highest BCUT2D eigenvalue weighted by atomic mass is 19.4. The lowest BCUT2D eigenvalue weighted by atomic mass is 10.0. The average molecular weight is 477 g/mol. The quantitative estimate of drug-likeness (QED) is 0.702. The topological polar surface area (TPSA) is 86.8 Å². The Morgan fingerprint density at radius 3 is 2.50 bits per heavy atom. The fourth-order valence-electron chi connectivity index (χ4n) is 4.15. The Bertz CT molecular complexity index is 1010. The van der Waals surface area contributed by atoms with Gasteiger partial charge in [0.15, 0.2) is 0 Å². The first kappa shape index (κ1) is 23.8. The summed E-state index contributed by atoms with van der Waals surface area (Å²) in [6, 6.07) is 8.45. The predicted molar refractivity (Wildman–Crippen MR) is 121 cm³/mol. The Hall–Kier alpha value is -3.34. The maximum Gasteiger partial charge on any atom is 0.417 e. The van der Waals surface area contributed by atoms with Crippen molar-refractivity contribution < 1.29 is 27.5 Å². The number of piperidine rings is 1. The third-order valence-corrected chi connectivity index (χ3v) is 5.94. The summed E-state index contributed by atoms with van der Waals surface area (Å²) >= 11 is 0. The van der Waals surface area contributed by atoms with Crippen molar-refractivity contribution >= 4 is 29.1 Å². The second kappa shape index (κ2) is 9.88. The van der Waals surface area contributed by atoms with E-state index in [-0.39, 0.29) is 17.8 Å². The SMILES string of the molecule is C[C@@H]1COCCN1c1ccc(N2CCC[C@@H](NC(=O)Nc3ccc(C(F)(F)F)cn3)C2=O)cc1. The van der Waals surface area contributed by atoms with Gasteiger partial charge >= 0.3 is 12.2 Å². The molecule has 0 spiro atoms. The van der Waals surface area contributed by atoms with E-state index in [0.717, 1.165) is 30.1 Å². The average Bonchev–Trinajstić information content (AvgIpc) is 2.81. The van der Waals surface area contributed by atoms with Crippen LogP contribution in [0.3, 0.4) is 0 Å². The number of hydrogen-bond donors (Lipinski definition) is 2. The van der Waals surface area contributed by atoms with Crippen LogP contribution in [0.2, 0.25) is 0 Å². The molecule has 0 unspecified atom stereocenters. The maximum atomic E-state index is 13.0. The van der Waals surface area contributed by atoms with E-state index in [0.29, 0.717) is 38.8 Å². The van der Waals surface area contributed by atoms with Gasteiger partial charge in [0, 0.05) is 36.7 Å². The van der Waals surface area contributed by atoms with Crippen LogP contribution in [0.4, 0.5) is 35.2 Å². The number of benzene rings is 1. The number of amides is 3. The Labute approximate surface area is 195 Å². The summed E-state index contributed by atoms with van der Waals surface area (Å²) in [5, 5.41) is 4.98. The molecular formula is C23H26F3N5O3. The molecule has 1 aromatic carbocycles. The number of morpholine rings is 1. The Morgan fingerprint density at radius 1 is 1.12 bits per heavy atom. The van der Waals surface area contributed by atoms with E-state index < -0.39 is 23.8 Å². The van der Waals surface area contributed by atoms with E-state index in [1.165, 1.54) is 0 Å². The van der Waals surface area contributed by atoms with E-state index in [2.05, 4.69) is 27.4 Å². The highest BCUT2D eigenvalue weighted by molar-refractivity contribution is 6.01. The Balaban J connectivity index is 1.36. The number of pyridine rings is 1. The van der Waals surface area contributed by atoms with Crippen LogP contribution >= 0.6 is 0 Å². The molecular weight excluding hydrogens is 451 g/mol. The van der Waals surface area contributed by atoms with Crippen LogP contribution in [-0.4, -0.2) is 55.3 Å². The molecule has 2 aromatic rings. The smallest absolute Gasteiger partial charge is 0.377 e. The summed E-state index contributed by atoms with van der Waals surface area (Å²) in [6.45, 7) is 4.78. The molecule has 2 saturated heterocycles.